The van der Waals surface area contributed by atoms with Crippen molar-refractivity contribution in [3.8, 4) is 17.2 Å². The number of aryl methyl sites for hydroxylation is 1. The number of pyridine rings is 1. The smallest absolute Gasteiger partial charge is 0.254 e. The van der Waals surface area contributed by atoms with Gasteiger partial charge in [-0.15, -0.1) is 0 Å². The summed E-state index contributed by atoms with van der Waals surface area (Å²) in [5, 5.41) is 0. The normalized spacial score (nSPS) is 13.1. The Kier molecular flexibility index (Phi) is 5.30. The molecule has 1 aliphatic rings. The Balaban J connectivity index is 1.79. The summed E-state index contributed by atoms with van der Waals surface area (Å²) in [6.07, 6.45) is 2.60. The van der Waals surface area contributed by atoms with Crippen molar-refractivity contribution in [1.29, 1.82) is 0 Å². The molecular weight excluding hydrogens is 332 g/mol. The van der Waals surface area contributed by atoms with Crippen LogP contribution in [0.1, 0.15) is 33.6 Å². The predicted molar refractivity (Wildman–Crippen MR) is 98.1 cm³/mol. The monoisotopic (exact) mass is 356 g/mol. The molecule has 0 N–H and O–H groups in total. The Bertz CT molecular complexity index is 820. The number of carbonyl (C=O) groups is 1. The summed E-state index contributed by atoms with van der Waals surface area (Å²) in [4.78, 5) is 18.9. The third-order valence-corrected chi connectivity index (χ3v) is 4.48. The lowest BCUT2D eigenvalue weighted by molar-refractivity contribution is 0.0782. The molecule has 6 heteroatoms. The van der Waals surface area contributed by atoms with Gasteiger partial charge < -0.3 is 19.1 Å². The molecule has 0 saturated heterocycles. The molecule has 0 saturated carbocycles. The van der Waals surface area contributed by atoms with E-state index in [9.17, 15) is 4.79 Å². The number of methoxy groups -OCH3 is 1. The van der Waals surface area contributed by atoms with Crippen molar-refractivity contribution in [2.45, 2.75) is 26.8 Å². The van der Waals surface area contributed by atoms with E-state index in [1.54, 1.807) is 43.5 Å². The van der Waals surface area contributed by atoms with Crippen LogP contribution in [0.3, 0.4) is 0 Å². The molecule has 1 aromatic heterocycles. The fraction of sp³-hybridized carbons (Fsp3) is 0.400. The Morgan fingerprint density at radius 1 is 1.23 bits per heavy atom. The van der Waals surface area contributed by atoms with Gasteiger partial charge in [0.15, 0.2) is 11.5 Å². The number of amides is 1. The second kappa shape index (κ2) is 7.64. The number of benzene rings is 1. The second-order valence-corrected chi connectivity index (χ2v) is 6.42. The Morgan fingerprint density at radius 3 is 2.69 bits per heavy atom. The zero-order valence-corrected chi connectivity index (χ0v) is 15.7. The van der Waals surface area contributed by atoms with E-state index in [1.807, 2.05) is 13.8 Å². The van der Waals surface area contributed by atoms with Crippen LogP contribution < -0.4 is 14.2 Å². The highest BCUT2D eigenvalue weighted by atomic mass is 16.5. The van der Waals surface area contributed by atoms with Crippen molar-refractivity contribution < 1.29 is 19.0 Å². The first kappa shape index (κ1) is 18.0. The molecule has 138 valence electrons. The van der Waals surface area contributed by atoms with Crippen molar-refractivity contribution in [3.63, 3.8) is 0 Å². The molecule has 1 aliphatic heterocycles. The quantitative estimate of drug-likeness (QED) is 0.842. The van der Waals surface area contributed by atoms with Gasteiger partial charge in [0.05, 0.1) is 32.6 Å². The summed E-state index contributed by atoms with van der Waals surface area (Å²) in [6, 6.07) is 5.30. The lowest BCUT2D eigenvalue weighted by atomic mass is 10.1. The van der Waals surface area contributed by atoms with E-state index in [0.29, 0.717) is 36.8 Å². The Morgan fingerprint density at radius 2 is 1.96 bits per heavy atom. The minimum absolute atomic E-state index is 0.0959. The summed E-state index contributed by atoms with van der Waals surface area (Å²) in [6.45, 7) is 5.53. The number of hydrogen-bond acceptors (Lipinski definition) is 5. The van der Waals surface area contributed by atoms with E-state index in [2.05, 4.69) is 4.98 Å². The van der Waals surface area contributed by atoms with E-state index in [0.717, 1.165) is 29.0 Å². The Hall–Kier alpha value is -2.76. The lowest BCUT2D eigenvalue weighted by Gasteiger charge is -2.20. The zero-order chi connectivity index (χ0) is 18.7. The van der Waals surface area contributed by atoms with E-state index in [-0.39, 0.29) is 5.91 Å². The maximum absolute atomic E-state index is 12.8. The molecule has 0 spiro atoms. The van der Waals surface area contributed by atoms with Crippen LogP contribution in [0.15, 0.2) is 24.4 Å². The van der Waals surface area contributed by atoms with Crippen molar-refractivity contribution in [3.05, 3.63) is 46.8 Å². The molecule has 0 unspecified atom stereocenters. The molecule has 0 aliphatic carbocycles. The lowest BCUT2D eigenvalue weighted by Crippen LogP contribution is -2.27. The van der Waals surface area contributed by atoms with Gasteiger partial charge in [-0.25, -0.2) is 0 Å². The average molecular weight is 356 g/mol. The second-order valence-electron chi connectivity index (χ2n) is 6.42. The Labute approximate surface area is 153 Å². The number of aromatic nitrogens is 1. The average Bonchev–Trinajstić information content (AvgIpc) is 2.88. The van der Waals surface area contributed by atoms with E-state index < -0.39 is 0 Å². The standard InChI is InChI=1S/C20H24N2O4/c1-13-11-21-16(14(2)19(13)24-4)12-22(3)20(23)15-6-7-17-18(10-15)26-9-5-8-25-17/h6-7,10-11H,5,8-9,12H2,1-4H3. The molecule has 0 radical (unpaired) electrons. The van der Waals surface area contributed by atoms with Gasteiger partial charge >= 0.3 is 0 Å². The summed E-state index contributed by atoms with van der Waals surface area (Å²) in [7, 11) is 3.41. The van der Waals surface area contributed by atoms with Crippen LogP contribution in [-0.4, -0.2) is 43.2 Å². The van der Waals surface area contributed by atoms with Crippen LogP contribution in [0.25, 0.3) is 0 Å². The molecule has 0 atom stereocenters. The molecule has 6 nitrogen and oxygen atoms in total. The number of carbonyl (C=O) groups excluding carboxylic acids is 1. The largest absolute Gasteiger partial charge is 0.496 e. The summed E-state index contributed by atoms with van der Waals surface area (Å²) < 4.78 is 16.7. The van der Waals surface area contributed by atoms with Gasteiger partial charge in [-0.2, -0.15) is 0 Å². The number of ether oxygens (including phenoxy) is 3. The summed E-state index contributed by atoms with van der Waals surface area (Å²) in [5.74, 6) is 2.02. The first-order valence-electron chi connectivity index (χ1n) is 8.65. The summed E-state index contributed by atoms with van der Waals surface area (Å²) in [5.41, 5.74) is 3.31. The maximum atomic E-state index is 12.8. The molecule has 26 heavy (non-hydrogen) atoms. The van der Waals surface area contributed by atoms with Gasteiger partial charge in [-0.1, -0.05) is 0 Å². The van der Waals surface area contributed by atoms with Crippen LogP contribution in [0, 0.1) is 13.8 Å². The first-order valence-corrected chi connectivity index (χ1v) is 8.65. The van der Waals surface area contributed by atoms with E-state index in [1.165, 1.54) is 0 Å². The topological polar surface area (TPSA) is 60.9 Å². The van der Waals surface area contributed by atoms with Crippen molar-refractivity contribution in [2.75, 3.05) is 27.4 Å². The van der Waals surface area contributed by atoms with Gasteiger partial charge in [0.25, 0.3) is 5.91 Å². The van der Waals surface area contributed by atoms with Crippen molar-refractivity contribution in [1.82, 2.24) is 9.88 Å². The fourth-order valence-electron chi connectivity index (χ4n) is 3.04. The maximum Gasteiger partial charge on any atom is 0.254 e. The molecule has 1 aromatic carbocycles. The van der Waals surface area contributed by atoms with Crippen LogP contribution in [0.4, 0.5) is 0 Å². The molecule has 0 bridgehead atoms. The van der Waals surface area contributed by atoms with E-state index >= 15 is 0 Å². The van der Waals surface area contributed by atoms with Gasteiger partial charge in [0, 0.05) is 36.4 Å². The minimum Gasteiger partial charge on any atom is -0.496 e. The van der Waals surface area contributed by atoms with Gasteiger partial charge in [0.1, 0.15) is 5.75 Å². The molecule has 3 rings (SSSR count). The highest BCUT2D eigenvalue weighted by Gasteiger charge is 2.19. The highest BCUT2D eigenvalue weighted by molar-refractivity contribution is 5.94. The van der Waals surface area contributed by atoms with Crippen molar-refractivity contribution in [2.24, 2.45) is 0 Å². The van der Waals surface area contributed by atoms with Crippen LogP contribution in [0.5, 0.6) is 17.2 Å². The van der Waals surface area contributed by atoms with Gasteiger partial charge in [0.2, 0.25) is 0 Å². The van der Waals surface area contributed by atoms with Crippen LogP contribution >= 0.6 is 0 Å². The van der Waals surface area contributed by atoms with Crippen molar-refractivity contribution >= 4 is 5.91 Å². The first-order chi connectivity index (χ1) is 12.5. The molecule has 1 amide bonds. The molecule has 2 heterocycles. The third-order valence-electron chi connectivity index (χ3n) is 4.48. The third kappa shape index (κ3) is 3.59. The van der Waals surface area contributed by atoms with Gasteiger partial charge in [-0.3, -0.25) is 9.78 Å². The fourth-order valence-corrected chi connectivity index (χ4v) is 3.04. The van der Waals surface area contributed by atoms with Crippen LogP contribution in [0.2, 0.25) is 0 Å². The van der Waals surface area contributed by atoms with Crippen LogP contribution in [-0.2, 0) is 6.54 Å². The SMILES string of the molecule is COc1c(C)cnc(CN(C)C(=O)c2ccc3c(c2)OCCCO3)c1C. The van der Waals surface area contributed by atoms with Gasteiger partial charge in [-0.05, 0) is 32.0 Å². The van der Waals surface area contributed by atoms with E-state index in [4.69, 9.17) is 14.2 Å². The minimum atomic E-state index is -0.0959. The highest BCUT2D eigenvalue weighted by Crippen LogP contribution is 2.31. The number of rotatable bonds is 4. The number of nitrogens with zero attached hydrogens (tertiary/aromatic N) is 2. The molecular formula is C20H24N2O4. The molecule has 0 fully saturated rings. The number of fused-ring (bicyclic) bond motifs is 1. The summed E-state index contributed by atoms with van der Waals surface area (Å²) >= 11 is 0. The zero-order valence-electron chi connectivity index (χ0n) is 15.7. The molecule has 2 aromatic rings. The number of hydrogen-bond donors (Lipinski definition) is 0. The predicted octanol–water partition coefficient (Wildman–Crippen LogP) is 3.14.